The monoisotopic (exact) mass is 415 g/mol. The van der Waals surface area contributed by atoms with Crippen LogP contribution in [0, 0.1) is 0 Å². The second-order valence-electron chi connectivity index (χ2n) is 6.30. The van der Waals surface area contributed by atoms with Gasteiger partial charge in [-0.2, -0.15) is 0 Å². The molecule has 0 bridgehead atoms. The number of benzene rings is 2. The van der Waals surface area contributed by atoms with Crippen molar-refractivity contribution in [1.82, 2.24) is 10.2 Å². The fourth-order valence-electron chi connectivity index (χ4n) is 2.77. The molecule has 1 N–H and O–H groups in total. The minimum Gasteiger partial charge on any atom is -0.454 e. The number of carbonyl (C=O) groups excluding carboxylic acids is 1. The predicted molar refractivity (Wildman–Crippen MR) is 101 cm³/mol. The van der Waals surface area contributed by atoms with E-state index in [9.17, 15) is 13.2 Å². The molecule has 1 aromatic heterocycles. The molecule has 2 heterocycles. The molecule has 10 heteroatoms. The number of anilines is 1. The second-order valence-corrected chi connectivity index (χ2v) is 8.40. The van der Waals surface area contributed by atoms with Gasteiger partial charge in [0.2, 0.25) is 18.6 Å². The third-order valence-corrected chi connectivity index (χ3v) is 5.93. The first-order chi connectivity index (χ1) is 14.0. The van der Waals surface area contributed by atoms with Crippen LogP contribution in [0.15, 0.2) is 57.8 Å². The number of carbonyl (C=O) groups is 1. The minimum atomic E-state index is -3.46. The highest BCUT2D eigenvalue weighted by molar-refractivity contribution is 7.91. The number of nitrogens with one attached hydrogen (secondary N) is 1. The molecule has 29 heavy (non-hydrogen) atoms. The Morgan fingerprint density at radius 2 is 1.83 bits per heavy atom. The van der Waals surface area contributed by atoms with Gasteiger partial charge in [-0.15, -0.1) is 5.10 Å². The number of hydrogen-bond donors (Lipinski definition) is 1. The van der Waals surface area contributed by atoms with Crippen LogP contribution in [0.25, 0.3) is 0 Å². The Hall–Kier alpha value is -3.40. The third-order valence-electron chi connectivity index (χ3n) is 4.20. The van der Waals surface area contributed by atoms with Crippen molar-refractivity contribution in [3.63, 3.8) is 0 Å². The van der Waals surface area contributed by atoms with Gasteiger partial charge in [0.1, 0.15) is 0 Å². The Morgan fingerprint density at radius 1 is 1.03 bits per heavy atom. The summed E-state index contributed by atoms with van der Waals surface area (Å²) < 4.78 is 40.4. The van der Waals surface area contributed by atoms with Gasteiger partial charge >= 0.3 is 6.01 Å². The van der Waals surface area contributed by atoms with E-state index in [0.717, 1.165) is 5.56 Å². The van der Waals surface area contributed by atoms with Crippen molar-refractivity contribution in [3.05, 3.63) is 60.0 Å². The van der Waals surface area contributed by atoms with Crippen LogP contribution < -0.4 is 14.8 Å². The summed E-state index contributed by atoms with van der Waals surface area (Å²) in [6.45, 7) is 0.162. The van der Waals surface area contributed by atoms with E-state index in [2.05, 4.69) is 15.5 Å². The number of hydrogen-bond acceptors (Lipinski definition) is 8. The lowest BCUT2D eigenvalue weighted by Crippen LogP contribution is -2.14. The van der Waals surface area contributed by atoms with Crippen molar-refractivity contribution in [2.24, 2.45) is 0 Å². The topological polar surface area (TPSA) is 121 Å². The summed E-state index contributed by atoms with van der Waals surface area (Å²) in [6, 6.07) is 13.3. The molecule has 0 fully saturated rings. The van der Waals surface area contributed by atoms with Crippen molar-refractivity contribution < 1.29 is 27.1 Å². The molecule has 0 atom stereocenters. The summed E-state index contributed by atoms with van der Waals surface area (Å²) in [5.41, 5.74) is 0.737. The van der Waals surface area contributed by atoms with E-state index >= 15 is 0 Å². The van der Waals surface area contributed by atoms with Crippen LogP contribution in [0.1, 0.15) is 11.5 Å². The lowest BCUT2D eigenvalue weighted by Gasteiger charge is -2.03. The van der Waals surface area contributed by atoms with Gasteiger partial charge in [-0.25, -0.2) is 8.42 Å². The van der Waals surface area contributed by atoms with E-state index < -0.39 is 9.84 Å². The molecule has 1 aliphatic heterocycles. The number of aryl methyl sites for hydroxylation is 1. The van der Waals surface area contributed by atoms with Crippen LogP contribution >= 0.6 is 0 Å². The van der Waals surface area contributed by atoms with Crippen LogP contribution in [0.5, 0.6) is 11.5 Å². The number of amides is 1. The normalized spacial score (nSPS) is 12.7. The Labute approximate surface area is 166 Å². The van der Waals surface area contributed by atoms with Crippen molar-refractivity contribution in [2.45, 2.75) is 17.7 Å². The maximum atomic E-state index is 12.3. The van der Waals surface area contributed by atoms with Crippen molar-refractivity contribution in [3.8, 4) is 11.5 Å². The summed E-state index contributed by atoms with van der Waals surface area (Å²) in [5, 5.41) is 10.0. The smallest absolute Gasteiger partial charge is 0.322 e. The molecule has 1 amide bonds. The maximum Gasteiger partial charge on any atom is 0.322 e. The Kier molecular flexibility index (Phi) is 5.17. The first-order valence-electron chi connectivity index (χ1n) is 8.78. The summed E-state index contributed by atoms with van der Waals surface area (Å²) in [7, 11) is -3.46. The van der Waals surface area contributed by atoms with Crippen LogP contribution in [-0.2, 0) is 27.5 Å². The van der Waals surface area contributed by atoms with Gasteiger partial charge in [0.15, 0.2) is 21.3 Å². The number of fused-ring (bicyclic) bond motifs is 1. The molecule has 150 valence electrons. The molecule has 0 saturated carbocycles. The zero-order valence-electron chi connectivity index (χ0n) is 15.2. The van der Waals surface area contributed by atoms with E-state index in [1.807, 2.05) is 0 Å². The Morgan fingerprint density at radius 3 is 2.66 bits per heavy atom. The summed E-state index contributed by atoms with van der Waals surface area (Å²) in [6.07, 6.45) is 0.124. The molecule has 0 spiro atoms. The lowest BCUT2D eigenvalue weighted by molar-refractivity contribution is -0.115. The largest absolute Gasteiger partial charge is 0.454 e. The average molecular weight is 415 g/mol. The molecule has 0 saturated heterocycles. The van der Waals surface area contributed by atoms with Gasteiger partial charge in [-0.3, -0.25) is 10.1 Å². The molecule has 9 nitrogen and oxygen atoms in total. The molecule has 1 aliphatic rings. The molecule has 0 aliphatic carbocycles. The SMILES string of the molecule is O=C(Cc1ccc2c(c1)OCO2)Nc1nnc(CCS(=O)(=O)c2ccccc2)o1. The first-order valence-corrected chi connectivity index (χ1v) is 10.4. The molecule has 4 rings (SSSR count). The van der Waals surface area contributed by atoms with Gasteiger partial charge < -0.3 is 13.9 Å². The third kappa shape index (κ3) is 4.54. The number of rotatable bonds is 7. The van der Waals surface area contributed by atoms with E-state index in [0.29, 0.717) is 11.5 Å². The van der Waals surface area contributed by atoms with E-state index in [4.69, 9.17) is 13.9 Å². The molecule has 0 radical (unpaired) electrons. The summed E-state index contributed by atoms with van der Waals surface area (Å²) in [5.74, 6) is 0.832. The fourth-order valence-corrected chi connectivity index (χ4v) is 4.02. The van der Waals surface area contributed by atoms with Crippen LogP contribution in [-0.4, -0.2) is 37.1 Å². The predicted octanol–water partition coefficient (Wildman–Crippen LogP) is 2.00. The van der Waals surface area contributed by atoms with E-state index in [1.54, 1.807) is 36.4 Å². The first kappa shape index (κ1) is 18.9. The van der Waals surface area contributed by atoms with Gasteiger partial charge in [0, 0.05) is 6.42 Å². The second kappa shape index (κ2) is 7.92. The zero-order chi connectivity index (χ0) is 20.3. The van der Waals surface area contributed by atoms with Crippen molar-refractivity contribution in [1.29, 1.82) is 0 Å². The number of nitrogens with zero attached hydrogens (tertiary/aromatic N) is 2. The van der Waals surface area contributed by atoms with Crippen LogP contribution in [0.2, 0.25) is 0 Å². The molecular weight excluding hydrogens is 398 g/mol. The Bertz CT molecular complexity index is 1130. The summed E-state index contributed by atoms with van der Waals surface area (Å²) in [4.78, 5) is 12.4. The highest BCUT2D eigenvalue weighted by Gasteiger charge is 2.18. The van der Waals surface area contributed by atoms with Crippen LogP contribution in [0.4, 0.5) is 6.01 Å². The number of sulfone groups is 1. The number of ether oxygens (including phenoxy) is 2. The quantitative estimate of drug-likeness (QED) is 0.622. The molecular formula is C19H17N3O6S. The fraction of sp³-hybridized carbons (Fsp3) is 0.211. The van der Waals surface area contributed by atoms with Gasteiger partial charge in [-0.1, -0.05) is 29.4 Å². The highest BCUT2D eigenvalue weighted by Crippen LogP contribution is 2.32. The highest BCUT2D eigenvalue weighted by atomic mass is 32.2. The standard InChI is InChI=1S/C19H17N3O6S/c23-17(11-13-6-7-15-16(10-13)27-12-26-15)20-19-22-21-18(28-19)8-9-29(24,25)14-4-2-1-3-5-14/h1-7,10H,8-9,11-12H2,(H,20,22,23). The molecule has 0 unspecified atom stereocenters. The van der Waals surface area contributed by atoms with E-state index in [-0.39, 0.29) is 48.1 Å². The molecule has 2 aromatic carbocycles. The molecule has 3 aromatic rings. The van der Waals surface area contributed by atoms with E-state index in [1.165, 1.54) is 12.1 Å². The van der Waals surface area contributed by atoms with Crippen molar-refractivity contribution >= 4 is 21.8 Å². The zero-order valence-corrected chi connectivity index (χ0v) is 16.0. The summed E-state index contributed by atoms with van der Waals surface area (Å²) >= 11 is 0. The van der Waals surface area contributed by atoms with Gasteiger partial charge in [0.25, 0.3) is 0 Å². The minimum absolute atomic E-state index is 0.0439. The van der Waals surface area contributed by atoms with Crippen LogP contribution in [0.3, 0.4) is 0 Å². The van der Waals surface area contributed by atoms with Gasteiger partial charge in [0.05, 0.1) is 17.1 Å². The lowest BCUT2D eigenvalue weighted by atomic mass is 10.1. The average Bonchev–Trinajstić information content (AvgIpc) is 3.36. The Balaban J connectivity index is 1.32. The van der Waals surface area contributed by atoms with Gasteiger partial charge in [-0.05, 0) is 29.8 Å². The van der Waals surface area contributed by atoms with Crippen molar-refractivity contribution in [2.75, 3.05) is 17.9 Å². The number of aromatic nitrogens is 2. The maximum absolute atomic E-state index is 12.3.